The standard InChI is InChI=1S/C20H29N3O5S/c1-13(2)10-16(19(25)27-4)23-17(29)11-21-18(24)14(3)22-20(26)28-12-15-8-6-5-7-9-15/h5-9,13-14,16H,10-12H2,1-4H3,(H,21,24)(H,22,26)(H,23,29)/t14-,16-/m0/s1. The molecule has 0 saturated carbocycles. The van der Waals surface area contributed by atoms with Gasteiger partial charge in [-0.05, 0) is 24.8 Å². The predicted octanol–water partition coefficient (Wildman–Crippen LogP) is 1.92. The molecule has 0 aromatic heterocycles. The molecule has 1 aromatic carbocycles. The number of alkyl carbamates (subject to hydrolysis) is 1. The van der Waals surface area contributed by atoms with E-state index in [1.165, 1.54) is 14.0 Å². The van der Waals surface area contributed by atoms with Crippen molar-refractivity contribution in [1.82, 2.24) is 16.0 Å². The average molecular weight is 424 g/mol. The minimum Gasteiger partial charge on any atom is -0.467 e. The van der Waals surface area contributed by atoms with Gasteiger partial charge in [-0.25, -0.2) is 9.59 Å². The number of carbonyl (C=O) groups is 3. The van der Waals surface area contributed by atoms with Crippen LogP contribution in [0.25, 0.3) is 0 Å². The second kappa shape index (κ2) is 12.7. The first kappa shape index (κ1) is 24.4. The maximum Gasteiger partial charge on any atom is 0.408 e. The van der Waals surface area contributed by atoms with E-state index in [0.717, 1.165) is 5.56 Å². The highest BCUT2D eigenvalue weighted by atomic mass is 32.1. The molecular weight excluding hydrogens is 394 g/mol. The van der Waals surface area contributed by atoms with Crippen LogP contribution in [0.15, 0.2) is 30.3 Å². The molecule has 0 heterocycles. The van der Waals surface area contributed by atoms with Crippen molar-refractivity contribution < 1.29 is 23.9 Å². The molecular formula is C20H29N3O5S. The van der Waals surface area contributed by atoms with E-state index >= 15 is 0 Å². The van der Waals surface area contributed by atoms with Crippen LogP contribution in [0.3, 0.4) is 0 Å². The molecule has 0 aliphatic rings. The first-order chi connectivity index (χ1) is 13.7. The summed E-state index contributed by atoms with van der Waals surface area (Å²) in [7, 11) is 1.31. The molecule has 0 unspecified atom stereocenters. The Morgan fingerprint density at radius 3 is 2.31 bits per heavy atom. The first-order valence-electron chi connectivity index (χ1n) is 9.35. The van der Waals surface area contributed by atoms with Gasteiger partial charge in [-0.3, -0.25) is 4.79 Å². The van der Waals surface area contributed by atoms with Crippen LogP contribution >= 0.6 is 12.2 Å². The molecule has 0 fully saturated rings. The van der Waals surface area contributed by atoms with Gasteiger partial charge >= 0.3 is 12.1 Å². The Kier molecular flexibility index (Phi) is 10.7. The summed E-state index contributed by atoms with van der Waals surface area (Å²) in [6.45, 7) is 5.63. The summed E-state index contributed by atoms with van der Waals surface area (Å²) in [5.74, 6) is -0.581. The summed E-state index contributed by atoms with van der Waals surface area (Å²) in [5.41, 5.74) is 0.845. The second-order valence-corrected chi connectivity index (χ2v) is 7.41. The topological polar surface area (TPSA) is 106 Å². The summed E-state index contributed by atoms with van der Waals surface area (Å²) >= 11 is 5.19. The van der Waals surface area contributed by atoms with E-state index in [4.69, 9.17) is 21.7 Å². The molecule has 0 spiro atoms. The summed E-state index contributed by atoms with van der Waals surface area (Å²) < 4.78 is 9.85. The minimum absolute atomic E-state index is 0.0326. The van der Waals surface area contributed by atoms with E-state index in [1.807, 2.05) is 44.2 Å². The van der Waals surface area contributed by atoms with Crippen molar-refractivity contribution in [3.8, 4) is 0 Å². The van der Waals surface area contributed by atoms with Gasteiger partial charge in [0, 0.05) is 0 Å². The third-order valence-corrected chi connectivity index (χ3v) is 4.15. The predicted molar refractivity (Wildman–Crippen MR) is 113 cm³/mol. The maximum atomic E-state index is 12.2. The normalized spacial score (nSPS) is 12.4. The van der Waals surface area contributed by atoms with Crippen molar-refractivity contribution >= 4 is 35.2 Å². The molecule has 29 heavy (non-hydrogen) atoms. The molecule has 2 atom stereocenters. The van der Waals surface area contributed by atoms with Crippen LogP contribution in [0.1, 0.15) is 32.8 Å². The SMILES string of the molecule is COC(=O)[C@H](CC(C)C)NC(=S)CNC(=O)[C@H](C)NC(=O)OCc1ccccc1. The van der Waals surface area contributed by atoms with Crippen molar-refractivity contribution in [2.24, 2.45) is 5.92 Å². The van der Waals surface area contributed by atoms with Gasteiger partial charge < -0.3 is 25.4 Å². The van der Waals surface area contributed by atoms with E-state index in [2.05, 4.69) is 16.0 Å². The van der Waals surface area contributed by atoms with Crippen LogP contribution in [-0.2, 0) is 25.7 Å². The molecule has 160 valence electrons. The van der Waals surface area contributed by atoms with Gasteiger partial charge in [-0.1, -0.05) is 56.4 Å². The van der Waals surface area contributed by atoms with E-state index < -0.39 is 30.1 Å². The van der Waals surface area contributed by atoms with E-state index in [9.17, 15) is 14.4 Å². The summed E-state index contributed by atoms with van der Waals surface area (Å²) in [5, 5.41) is 7.97. The average Bonchev–Trinajstić information content (AvgIpc) is 2.69. The largest absolute Gasteiger partial charge is 0.467 e. The molecule has 8 nitrogen and oxygen atoms in total. The molecule has 0 bridgehead atoms. The molecule has 2 amide bonds. The van der Waals surface area contributed by atoms with Gasteiger partial charge in [0.25, 0.3) is 0 Å². The van der Waals surface area contributed by atoms with Gasteiger partial charge in [-0.15, -0.1) is 0 Å². The van der Waals surface area contributed by atoms with Gasteiger partial charge in [-0.2, -0.15) is 0 Å². The zero-order chi connectivity index (χ0) is 21.8. The fourth-order valence-corrected chi connectivity index (χ4v) is 2.62. The van der Waals surface area contributed by atoms with Crippen LogP contribution in [-0.4, -0.2) is 48.7 Å². The van der Waals surface area contributed by atoms with Crippen molar-refractivity contribution in [1.29, 1.82) is 0 Å². The summed E-state index contributed by atoms with van der Waals surface area (Å²) in [6, 6.07) is 7.83. The van der Waals surface area contributed by atoms with E-state index in [-0.39, 0.29) is 19.1 Å². The number of methoxy groups -OCH3 is 1. The smallest absolute Gasteiger partial charge is 0.408 e. The van der Waals surface area contributed by atoms with Gasteiger partial charge in [0.05, 0.1) is 18.6 Å². The summed E-state index contributed by atoms with van der Waals surface area (Å²) in [6.07, 6.45) is -0.147. The van der Waals surface area contributed by atoms with E-state index in [0.29, 0.717) is 11.4 Å². The van der Waals surface area contributed by atoms with Crippen LogP contribution in [0.2, 0.25) is 0 Å². The number of hydrogen-bond acceptors (Lipinski definition) is 6. The second-order valence-electron chi connectivity index (χ2n) is 6.92. The highest BCUT2D eigenvalue weighted by molar-refractivity contribution is 7.80. The third kappa shape index (κ3) is 9.89. The number of thiocarbonyl (C=S) groups is 1. The minimum atomic E-state index is -0.812. The van der Waals surface area contributed by atoms with E-state index in [1.54, 1.807) is 0 Å². The van der Waals surface area contributed by atoms with Crippen LogP contribution in [0.5, 0.6) is 0 Å². The van der Waals surface area contributed by atoms with Crippen molar-refractivity contribution in [2.45, 2.75) is 45.9 Å². The van der Waals surface area contributed by atoms with Crippen molar-refractivity contribution in [3.63, 3.8) is 0 Å². The Balaban J connectivity index is 2.38. The number of carbonyl (C=O) groups excluding carboxylic acids is 3. The Morgan fingerprint density at radius 1 is 1.07 bits per heavy atom. The summed E-state index contributed by atoms with van der Waals surface area (Å²) in [4.78, 5) is 36.1. The fourth-order valence-electron chi connectivity index (χ4n) is 2.40. The number of amides is 2. The third-order valence-electron chi connectivity index (χ3n) is 3.89. The Labute approximate surface area is 176 Å². The number of ether oxygens (including phenoxy) is 2. The van der Waals surface area contributed by atoms with Gasteiger partial charge in [0.15, 0.2) is 0 Å². The van der Waals surface area contributed by atoms with Crippen LogP contribution < -0.4 is 16.0 Å². The van der Waals surface area contributed by atoms with Gasteiger partial charge in [0.2, 0.25) is 5.91 Å². The van der Waals surface area contributed by atoms with Crippen LogP contribution in [0.4, 0.5) is 4.79 Å². The van der Waals surface area contributed by atoms with Crippen molar-refractivity contribution in [2.75, 3.05) is 13.7 Å². The fraction of sp³-hybridized carbons (Fsp3) is 0.500. The lowest BCUT2D eigenvalue weighted by molar-refractivity contribution is -0.143. The molecule has 0 aliphatic carbocycles. The Bertz CT molecular complexity index is 697. The number of esters is 1. The van der Waals surface area contributed by atoms with Crippen LogP contribution in [0, 0.1) is 5.92 Å². The molecule has 1 aromatic rings. The highest BCUT2D eigenvalue weighted by Gasteiger charge is 2.22. The number of benzene rings is 1. The first-order valence-corrected chi connectivity index (χ1v) is 9.75. The zero-order valence-electron chi connectivity index (χ0n) is 17.2. The number of rotatable bonds is 10. The number of nitrogens with one attached hydrogen (secondary N) is 3. The highest BCUT2D eigenvalue weighted by Crippen LogP contribution is 2.06. The number of hydrogen-bond donors (Lipinski definition) is 3. The lowest BCUT2D eigenvalue weighted by Crippen LogP contribution is -2.49. The monoisotopic (exact) mass is 423 g/mol. The van der Waals surface area contributed by atoms with Gasteiger partial charge in [0.1, 0.15) is 18.7 Å². The molecule has 0 radical (unpaired) electrons. The quantitative estimate of drug-likeness (QED) is 0.390. The molecule has 9 heteroatoms. The molecule has 0 aliphatic heterocycles. The lowest BCUT2D eigenvalue weighted by atomic mass is 10.0. The van der Waals surface area contributed by atoms with Crippen molar-refractivity contribution in [3.05, 3.63) is 35.9 Å². The molecule has 1 rings (SSSR count). The Hall–Kier alpha value is -2.68. The Morgan fingerprint density at radius 2 is 1.72 bits per heavy atom. The zero-order valence-corrected chi connectivity index (χ0v) is 18.0. The molecule has 3 N–H and O–H groups in total. The lowest BCUT2D eigenvalue weighted by Gasteiger charge is -2.20. The maximum absolute atomic E-state index is 12.2. The molecule has 0 saturated heterocycles.